The Hall–Kier alpha value is -1.61. The van der Waals surface area contributed by atoms with Crippen molar-refractivity contribution in [1.29, 1.82) is 0 Å². The highest BCUT2D eigenvalue weighted by Gasteiger charge is 2.35. The van der Waals surface area contributed by atoms with Crippen LogP contribution in [0, 0.1) is 0 Å². The maximum absolute atomic E-state index is 11.7. The smallest absolute Gasteiger partial charge is 0.351 e. The van der Waals surface area contributed by atoms with E-state index in [2.05, 4.69) is 30.9 Å². The summed E-state index contributed by atoms with van der Waals surface area (Å²) in [4.78, 5) is 18.1. The molecule has 0 bridgehead atoms. The van der Waals surface area contributed by atoms with Gasteiger partial charge in [-0.3, -0.25) is 4.57 Å². The van der Waals surface area contributed by atoms with Crippen LogP contribution in [0.3, 0.4) is 0 Å². The Morgan fingerprint density at radius 2 is 2.53 bits per heavy atom. The molecule has 0 aliphatic carbocycles. The molecule has 1 aromatic rings. The number of hydrogen-bond acceptors (Lipinski definition) is 6. The zero-order valence-electron chi connectivity index (χ0n) is 9.68. The molecule has 3 atom stereocenters. The zero-order valence-corrected chi connectivity index (χ0v) is 11.3. The number of hydrogen-bond donors (Lipinski definition) is 2. The van der Waals surface area contributed by atoms with Gasteiger partial charge in [0.25, 0.3) is 0 Å². The summed E-state index contributed by atoms with van der Waals surface area (Å²) in [5.74, 6) is 0.0875. The van der Waals surface area contributed by atoms with Crippen molar-refractivity contribution < 1.29 is 9.84 Å². The van der Waals surface area contributed by atoms with Gasteiger partial charge < -0.3 is 15.6 Å². The molecule has 1 aromatic heterocycles. The molecule has 2 rings (SSSR count). The Morgan fingerprint density at radius 1 is 1.79 bits per heavy atom. The average molecular weight is 331 g/mol. The van der Waals surface area contributed by atoms with E-state index in [1.54, 1.807) is 0 Å². The van der Waals surface area contributed by atoms with Crippen molar-refractivity contribution in [2.45, 2.75) is 24.8 Å². The van der Waals surface area contributed by atoms with Crippen LogP contribution in [0.25, 0.3) is 10.4 Å². The van der Waals surface area contributed by atoms with E-state index in [1.165, 1.54) is 10.8 Å². The topological polar surface area (TPSA) is 139 Å². The summed E-state index contributed by atoms with van der Waals surface area (Å²) < 4.78 is 7.19. The molecule has 0 amide bonds. The van der Waals surface area contributed by atoms with Crippen LogP contribution in [0.5, 0.6) is 0 Å². The Morgan fingerprint density at radius 3 is 3.16 bits per heavy atom. The van der Waals surface area contributed by atoms with Crippen molar-refractivity contribution in [3.05, 3.63) is 31.6 Å². The molecule has 0 saturated carbocycles. The van der Waals surface area contributed by atoms with E-state index in [0.29, 0.717) is 4.47 Å². The first-order valence-electron chi connectivity index (χ1n) is 5.41. The lowest BCUT2D eigenvalue weighted by Gasteiger charge is -2.15. The number of ether oxygens (including phenoxy) is 1. The van der Waals surface area contributed by atoms with Gasteiger partial charge in [0, 0.05) is 17.5 Å². The first kappa shape index (κ1) is 13.8. The van der Waals surface area contributed by atoms with Gasteiger partial charge in [-0.05, 0) is 21.5 Å². The summed E-state index contributed by atoms with van der Waals surface area (Å²) in [5, 5.41) is 12.7. The number of rotatable bonds is 3. The number of azide groups is 1. The lowest BCUT2D eigenvalue weighted by molar-refractivity contribution is -0.0270. The van der Waals surface area contributed by atoms with E-state index in [4.69, 9.17) is 21.1 Å². The third-order valence-electron chi connectivity index (χ3n) is 2.83. The van der Waals surface area contributed by atoms with Gasteiger partial charge in [0.05, 0.1) is 23.2 Å². The molecule has 10 heteroatoms. The maximum atomic E-state index is 11.7. The largest absolute Gasteiger partial charge is 0.394 e. The van der Waals surface area contributed by atoms with Gasteiger partial charge in [-0.15, -0.1) is 0 Å². The number of halogens is 1. The van der Waals surface area contributed by atoms with Crippen molar-refractivity contribution in [2.75, 3.05) is 12.3 Å². The predicted molar refractivity (Wildman–Crippen MR) is 69.2 cm³/mol. The average Bonchev–Trinajstić information content (AvgIpc) is 2.77. The number of nitrogens with two attached hydrogens (primary N) is 1. The number of aliphatic hydroxyl groups is 1. The summed E-state index contributed by atoms with van der Waals surface area (Å²) in [6, 6.07) is -0.525. The first-order valence-corrected chi connectivity index (χ1v) is 6.20. The van der Waals surface area contributed by atoms with Gasteiger partial charge in [-0.1, -0.05) is 5.11 Å². The second-order valence-electron chi connectivity index (χ2n) is 3.98. The van der Waals surface area contributed by atoms with Gasteiger partial charge in [0.1, 0.15) is 12.0 Å². The molecule has 0 spiro atoms. The quantitative estimate of drug-likeness (QED) is 0.473. The van der Waals surface area contributed by atoms with Crippen LogP contribution < -0.4 is 11.4 Å². The minimum absolute atomic E-state index is 0.0875. The van der Waals surface area contributed by atoms with E-state index < -0.39 is 24.1 Å². The molecular formula is C9H11BrN6O3. The summed E-state index contributed by atoms with van der Waals surface area (Å²) in [5.41, 5.74) is 13.4. The lowest BCUT2D eigenvalue weighted by Crippen LogP contribution is -2.28. The number of aromatic nitrogens is 2. The van der Waals surface area contributed by atoms with Crippen LogP contribution in [0.15, 0.2) is 20.6 Å². The second kappa shape index (κ2) is 5.57. The van der Waals surface area contributed by atoms with Crippen LogP contribution in [0.1, 0.15) is 12.6 Å². The Bertz CT molecular complexity index is 584. The van der Waals surface area contributed by atoms with Crippen molar-refractivity contribution in [3.63, 3.8) is 0 Å². The summed E-state index contributed by atoms with van der Waals surface area (Å²) in [6.07, 6.45) is 0.462. The molecule has 1 fully saturated rings. The van der Waals surface area contributed by atoms with Gasteiger partial charge in [-0.2, -0.15) is 4.98 Å². The molecule has 1 aliphatic heterocycles. The first-order chi connectivity index (χ1) is 9.06. The minimum Gasteiger partial charge on any atom is -0.394 e. The molecule has 19 heavy (non-hydrogen) atoms. The van der Waals surface area contributed by atoms with E-state index >= 15 is 0 Å². The number of aliphatic hydroxyl groups excluding tert-OH is 1. The van der Waals surface area contributed by atoms with E-state index in [-0.39, 0.29) is 18.8 Å². The van der Waals surface area contributed by atoms with Crippen molar-refractivity contribution in [3.8, 4) is 0 Å². The number of nitrogens with zero attached hydrogens (tertiary/aromatic N) is 5. The monoisotopic (exact) mass is 330 g/mol. The van der Waals surface area contributed by atoms with Gasteiger partial charge in [0.2, 0.25) is 0 Å². The highest BCUT2D eigenvalue weighted by molar-refractivity contribution is 9.10. The van der Waals surface area contributed by atoms with E-state index in [0.717, 1.165) is 0 Å². The molecule has 1 saturated heterocycles. The van der Waals surface area contributed by atoms with Gasteiger partial charge in [-0.25, -0.2) is 4.79 Å². The Kier molecular flexibility index (Phi) is 4.05. The van der Waals surface area contributed by atoms with Crippen LogP contribution in [-0.4, -0.2) is 33.4 Å². The maximum Gasteiger partial charge on any atom is 0.351 e. The van der Waals surface area contributed by atoms with Crippen LogP contribution >= 0.6 is 15.9 Å². The molecule has 102 valence electrons. The SMILES string of the molecule is [N-]=[N+]=NC1C[C@H](n2cc(Br)c(N)nc2=O)O[C@@H]1CO. The van der Waals surface area contributed by atoms with Gasteiger partial charge >= 0.3 is 5.69 Å². The molecular weight excluding hydrogens is 320 g/mol. The molecule has 9 nitrogen and oxygen atoms in total. The van der Waals surface area contributed by atoms with Crippen LogP contribution in [-0.2, 0) is 4.74 Å². The number of anilines is 1. The van der Waals surface area contributed by atoms with E-state index in [1.807, 2.05) is 0 Å². The van der Waals surface area contributed by atoms with Crippen molar-refractivity contribution in [1.82, 2.24) is 9.55 Å². The highest BCUT2D eigenvalue weighted by Crippen LogP contribution is 2.30. The third kappa shape index (κ3) is 2.71. The summed E-state index contributed by atoms with van der Waals surface area (Å²) >= 11 is 3.17. The fourth-order valence-corrected chi connectivity index (χ4v) is 2.21. The molecule has 1 aliphatic rings. The summed E-state index contributed by atoms with van der Waals surface area (Å²) in [7, 11) is 0. The van der Waals surface area contributed by atoms with Crippen molar-refractivity contribution in [2.24, 2.45) is 5.11 Å². The fraction of sp³-hybridized carbons (Fsp3) is 0.556. The van der Waals surface area contributed by atoms with E-state index in [9.17, 15) is 4.79 Å². The minimum atomic E-state index is -0.649. The Balaban J connectivity index is 2.32. The fourth-order valence-electron chi connectivity index (χ4n) is 1.90. The predicted octanol–water partition coefficient (Wildman–Crippen LogP) is 0.547. The molecule has 0 radical (unpaired) electrons. The van der Waals surface area contributed by atoms with Gasteiger partial charge in [0.15, 0.2) is 0 Å². The highest BCUT2D eigenvalue weighted by atomic mass is 79.9. The molecule has 0 aromatic carbocycles. The lowest BCUT2D eigenvalue weighted by atomic mass is 10.1. The van der Waals surface area contributed by atoms with Crippen LogP contribution in [0.2, 0.25) is 0 Å². The zero-order chi connectivity index (χ0) is 14.0. The van der Waals surface area contributed by atoms with Crippen molar-refractivity contribution >= 4 is 21.7 Å². The second-order valence-corrected chi connectivity index (χ2v) is 4.84. The molecule has 1 unspecified atom stereocenters. The Labute approximate surface area is 115 Å². The number of nitrogen functional groups attached to an aromatic ring is 1. The molecule has 3 N–H and O–H groups in total. The summed E-state index contributed by atoms with van der Waals surface area (Å²) in [6.45, 7) is -0.293. The normalized spacial score (nSPS) is 26.1. The standard InChI is InChI=1S/C9H11BrN6O3/c10-4-2-16(9(18)13-8(4)11)7-1-5(14-15-12)6(3-17)19-7/h2,5-7,17H,1,3H2,(H2,11,13,18)/t5?,6-,7-/m1/s1. The van der Waals surface area contributed by atoms with Crippen LogP contribution in [0.4, 0.5) is 5.82 Å². The third-order valence-corrected chi connectivity index (χ3v) is 3.44. The molecule has 2 heterocycles.